The van der Waals surface area contributed by atoms with Gasteiger partial charge in [0.15, 0.2) is 5.82 Å². The first-order valence-corrected chi connectivity index (χ1v) is 5.46. The maximum Gasteiger partial charge on any atom is 0.152 e. The van der Waals surface area contributed by atoms with Crippen LogP contribution >= 0.6 is 0 Å². The summed E-state index contributed by atoms with van der Waals surface area (Å²) in [6.45, 7) is 1.44. The summed E-state index contributed by atoms with van der Waals surface area (Å²) >= 11 is 0. The van der Waals surface area contributed by atoms with Gasteiger partial charge in [-0.2, -0.15) is 5.10 Å². The van der Waals surface area contributed by atoms with Crippen LogP contribution in [0.2, 0.25) is 0 Å². The summed E-state index contributed by atoms with van der Waals surface area (Å²) in [5.41, 5.74) is 5.42. The van der Waals surface area contributed by atoms with Gasteiger partial charge < -0.3 is 10.5 Å². The average molecular weight is 212 g/mol. The van der Waals surface area contributed by atoms with Gasteiger partial charge in [-0.1, -0.05) is 6.42 Å². The number of hydrogen-bond acceptors (Lipinski definition) is 4. The topological polar surface area (TPSA) is 76.8 Å². The number of aryl methyl sites for hydroxylation is 1. The first-order valence-electron chi connectivity index (χ1n) is 5.46. The van der Waals surface area contributed by atoms with E-state index in [-0.39, 0.29) is 0 Å². The van der Waals surface area contributed by atoms with Gasteiger partial charge in [0.2, 0.25) is 0 Å². The molecule has 0 aliphatic carbocycles. The zero-order valence-corrected chi connectivity index (χ0v) is 9.33. The highest BCUT2D eigenvalue weighted by atomic mass is 16.5. The molecule has 0 aliphatic heterocycles. The minimum Gasteiger partial charge on any atom is -0.384 e. The number of H-pyrrole nitrogens is 1. The van der Waals surface area contributed by atoms with Gasteiger partial charge in [0.25, 0.3) is 0 Å². The number of nitrogens with zero attached hydrogens (tertiary/aromatic N) is 2. The number of nitrogens with one attached hydrogen (secondary N) is 1. The molecule has 1 rings (SSSR count). The molecule has 1 aromatic heterocycles. The fraction of sp³-hybridized carbons (Fsp3) is 0.800. The predicted octanol–water partition coefficient (Wildman–Crippen LogP) is 0.665. The predicted molar refractivity (Wildman–Crippen MR) is 58.6 cm³/mol. The van der Waals surface area contributed by atoms with E-state index in [1.165, 1.54) is 0 Å². The van der Waals surface area contributed by atoms with E-state index in [4.69, 9.17) is 10.5 Å². The molecule has 1 heterocycles. The Hall–Kier alpha value is -0.940. The quantitative estimate of drug-likeness (QED) is 0.621. The monoisotopic (exact) mass is 212 g/mol. The van der Waals surface area contributed by atoms with E-state index in [1.807, 2.05) is 0 Å². The molecule has 1 aromatic rings. The van der Waals surface area contributed by atoms with Crippen molar-refractivity contribution in [2.45, 2.75) is 32.1 Å². The summed E-state index contributed by atoms with van der Waals surface area (Å²) in [5, 5.41) is 7.06. The van der Waals surface area contributed by atoms with Crippen molar-refractivity contribution in [2.24, 2.45) is 5.73 Å². The largest absolute Gasteiger partial charge is 0.384 e. The number of aromatic nitrogens is 3. The van der Waals surface area contributed by atoms with Crippen LogP contribution in [0.4, 0.5) is 0 Å². The number of methoxy groups -OCH3 is 1. The molecule has 0 unspecified atom stereocenters. The molecule has 0 aliphatic rings. The van der Waals surface area contributed by atoms with E-state index < -0.39 is 0 Å². The number of unbranched alkanes of at least 4 members (excludes halogenated alkanes) is 2. The molecule has 3 N–H and O–H groups in total. The van der Waals surface area contributed by atoms with Gasteiger partial charge in [-0.3, -0.25) is 5.10 Å². The molecule has 0 bridgehead atoms. The zero-order chi connectivity index (χ0) is 10.9. The van der Waals surface area contributed by atoms with Crippen molar-refractivity contribution in [1.29, 1.82) is 0 Å². The Morgan fingerprint density at radius 3 is 2.87 bits per heavy atom. The molecule has 0 atom stereocenters. The van der Waals surface area contributed by atoms with Gasteiger partial charge in [0, 0.05) is 20.0 Å². The van der Waals surface area contributed by atoms with Crippen LogP contribution in [0.15, 0.2) is 0 Å². The Kier molecular flexibility index (Phi) is 5.96. The van der Waals surface area contributed by atoms with Crippen molar-refractivity contribution in [3.8, 4) is 0 Å². The van der Waals surface area contributed by atoms with Crippen molar-refractivity contribution in [3.05, 3.63) is 11.6 Å². The number of ether oxygens (including phenoxy) is 1. The molecule has 0 aromatic carbocycles. The number of hydrogen-bond donors (Lipinski definition) is 2. The van der Waals surface area contributed by atoms with Gasteiger partial charge in [0.1, 0.15) is 5.82 Å². The standard InChI is InChI=1S/C10H20N4O/c1-15-8-6-10-12-9(13-14-10)5-3-2-4-7-11/h2-8,11H2,1H3,(H,12,13,14). The van der Waals surface area contributed by atoms with E-state index >= 15 is 0 Å². The summed E-state index contributed by atoms with van der Waals surface area (Å²) in [4.78, 5) is 4.37. The molecule has 0 radical (unpaired) electrons. The Morgan fingerprint density at radius 1 is 1.27 bits per heavy atom. The molecule has 0 saturated carbocycles. The molecule has 15 heavy (non-hydrogen) atoms. The molecule has 86 valence electrons. The van der Waals surface area contributed by atoms with Crippen LogP contribution in [0.3, 0.4) is 0 Å². The van der Waals surface area contributed by atoms with Gasteiger partial charge in [-0.25, -0.2) is 4.98 Å². The Bertz CT molecular complexity index is 262. The van der Waals surface area contributed by atoms with Crippen molar-refractivity contribution >= 4 is 0 Å². The highest BCUT2D eigenvalue weighted by Crippen LogP contribution is 2.02. The summed E-state index contributed by atoms with van der Waals surface area (Å²) < 4.78 is 4.96. The van der Waals surface area contributed by atoms with E-state index in [1.54, 1.807) is 7.11 Å². The lowest BCUT2D eigenvalue weighted by Gasteiger charge is -1.95. The van der Waals surface area contributed by atoms with E-state index in [0.717, 1.165) is 50.3 Å². The van der Waals surface area contributed by atoms with E-state index in [2.05, 4.69) is 15.2 Å². The van der Waals surface area contributed by atoms with Crippen LogP contribution in [0.5, 0.6) is 0 Å². The van der Waals surface area contributed by atoms with Crippen LogP contribution in [0, 0.1) is 0 Å². The van der Waals surface area contributed by atoms with Crippen LogP contribution in [0.25, 0.3) is 0 Å². The minimum absolute atomic E-state index is 0.671. The number of nitrogens with two attached hydrogens (primary N) is 1. The van der Waals surface area contributed by atoms with Crippen LogP contribution in [0.1, 0.15) is 30.9 Å². The highest BCUT2D eigenvalue weighted by Gasteiger charge is 2.02. The first-order chi connectivity index (χ1) is 7.36. The maximum atomic E-state index is 5.42. The summed E-state index contributed by atoms with van der Waals surface area (Å²) in [7, 11) is 1.68. The molecular formula is C10H20N4O. The van der Waals surface area contributed by atoms with Crippen molar-refractivity contribution in [2.75, 3.05) is 20.3 Å². The number of rotatable bonds is 8. The smallest absolute Gasteiger partial charge is 0.152 e. The third-order valence-electron chi connectivity index (χ3n) is 2.23. The second-order valence-electron chi connectivity index (χ2n) is 3.54. The third-order valence-corrected chi connectivity index (χ3v) is 2.23. The molecule has 0 fully saturated rings. The summed E-state index contributed by atoms with van der Waals surface area (Å²) in [5.74, 6) is 1.81. The van der Waals surface area contributed by atoms with Crippen LogP contribution < -0.4 is 5.73 Å². The van der Waals surface area contributed by atoms with Gasteiger partial charge in [-0.15, -0.1) is 0 Å². The summed E-state index contributed by atoms with van der Waals surface area (Å²) in [6.07, 6.45) is 5.10. The Labute approximate surface area is 90.4 Å². The molecular weight excluding hydrogens is 192 g/mol. The molecule has 5 nitrogen and oxygen atoms in total. The molecule has 0 amide bonds. The molecule has 5 heteroatoms. The lowest BCUT2D eigenvalue weighted by molar-refractivity contribution is 0.200. The fourth-order valence-electron chi connectivity index (χ4n) is 1.37. The van der Waals surface area contributed by atoms with Crippen LogP contribution in [-0.4, -0.2) is 35.4 Å². The average Bonchev–Trinajstić information content (AvgIpc) is 2.69. The number of aromatic amines is 1. The van der Waals surface area contributed by atoms with E-state index in [9.17, 15) is 0 Å². The second kappa shape index (κ2) is 7.36. The lowest BCUT2D eigenvalue weighted by Crippen LogP contribution is -1.99. The Balaban J connectivity index is 2.20. The third kappa shape index (κ3) is 4.90. The van der Waals surface area contributed by atoms with Crippen molar-refractivity contribution < 1.29 is 4.74 Å². The maximum absolute atomic E-state index is 5.42. The van der Waals surface area contributed by atoms with E-state index in [0.29, 0.717) is 6.61 Å². The van der Waals surface area contributed by atoms with Crippen molar-refractivity contribution in [3.63, 3.8) is 0 Å². The van der Waals surface area contributed by atoms with Crippen LogP contribution in [-0.2, 0) is 17.6 Å². The van der Waals surface area contributed by atoms with Gasteiger partial charge in [-0.05, 0) is 19.4 Å². The Morgan fingerprint density at radius 2 is 2.13 bits per heavy atom. The van der Waals surface area contributed by atoms with Gasteiger partial charge in [0.05, 0.1) is 6.61 Å². The first kappa shape index (κ1) is 12.1. The SMILES string of the molecule is COCCc1n[nH]c(CCCCCN)n1. The lowest BCUT2D eigenvalue weighted by atomic mass is 10.2. The highest BCUT2D eigenvalue weighted by molar-refractivity contribution is 4.90. The molecule has 0 spiro atoms. The second-order valence-corrected chi connectivity index (χ2v) is 3.54. The zero-order valence-electron chi connectivity index (χ0n) is 9.33. The minimum atomic E-state index is 0.671. The molecule has 0 saturated heterocycles. The van der Waals surface area contributed by atoms with Crippen molar-refractivity contribution in [1.82, 2.24) is 15.2 Å². The summed E-state index contributed by atoms with van der Waals surface area (Å²) in [6, 6.07) is 0. The fourth-order valence-corrected chi connectivity index (χ4v) is 1.37. The van der Waals surface area contributed by atoms with Gasteiger partial charge >= 0.3 is 0 Å². The normalized spacial score (nSPS) is 10.8.